The topological polar surface area (TPSA) is 70.0 Å². The van der Waals surface area contributed by atoms with Crippen LogP contribution in [0.15, 0.2) is 29.2 Å². The van der Waals surface area contributed by atoms with Crippen LogP contribution in [-0.2, 0) is 15.4 Å². The summed E-state index contributed by atoms with van der Waals surface area (Å²) in [5.41, 5.74) is 1.01. The first-order valence-electron chi connectivity index (χ1n) is 4.61. The second-order valence-corrected chi connectivity index (χ2v) is 5.41. The van der Waals surface area contributed by atoms with E-state index in [1.807, 2.05) is 6.07 Å². The van der Waals surface area contributed by atoms with E-state index in [4.69, 9.17) is 5.26 Å². The molecule has 0 unspecified atom stereocenters. The summed E-state index contributed by atoms with van der Waals surface area (Å²) in [6.07, 6.45) is 0.165. The Morgan fingerprint density at radius 1 is 1.31 bits per heavy atom. The lowest BCUT2D eigenvalue weighted by molar-refractivity contribution is 0.582. The van der Waals surface area contributed by atoms with Crippen molar-refractivity contribution in [1.82, 2.24) is 4.72 Å². The molecular weight excluding hydrogens is 292 g/mol. The van der Waals surface area contributed by atoms with Crippen molar-refractivity contribution in [2.24, 2.45) is 0 Å². The third-order valence-corrected chi connectivity index (χ3v) is 4.04. The molecule has 86 valence electrons. The van der Waals surface area contributed by atoms with E-state index in [0.29, 0.717) is 5.33 Å². The number of benzene rings is 1. The number of rotatable bonds is 5. The zero-order valence-corrected chi connectivity index (χ0v) is 10.9. The minimum Gasteiger partial charge on any atom is -0.210 e. The van der Waals surface area contributed by atoms with Crippen molar-refractivity contribution < 1.29 is 8.42 Å². The van der Waals surface area contributed by atoms with Gasteiger partial charge < -0.3 is 0 Å². The lowest BCUT2D eigenvalue weighted by Gasteiger charge is -2.05. The molecule has 0 amide bonds. The molecular formula is C10H11BrN2O2S. The number of hydrogen-bond acceptors (Lipinski definition) is 3. The first-order valence-corrected chi connectivity index (χ1v) is 7.22. The van der Waals surface area contributed by atoms with Gasteiger partial charge in [-0.3, -0.25) is 0 Å². The second-order valence-electron chi connectivity index (χ2n) is 3.08. The van der Waals surface area contributed by atoms with Crippen LogP contribution in [0.2, 0.25) is 0 Å². The average molecular weight is 303 g/mol. The predicted molar refractivity (Wildman–Crippen MR) is 64.5 cm³/mol. The van der Waals surface area contributed by atoms with Gasteiger partial charge in [0.25, 0.3) is 0 Å². The fraction of sp³-hybridized carbons (Fsp3) is 0.300. The van der Waals surface area contributed by atoms with Crippen LogP contribution >= 0.6 is 15.9 Å². The van der Waals surface area contributed by atoms with E-state index in [0.717, 1.165) is 5.56 Å². The zero-order chi connectivity index (χ0) is 12.0. The highest BCUT2D eigenvalue weighted by atomic mass is 79.9. The molecule has 6 heteroatoms. The summed E-state index contributed by atoms with van der Waals surface area (Å²) in [5, 5.41) is 9.00. The number of alkyl halides is 1. The quantitative estimate of drug-likeness (QED) is 0.666. The first kappa shape index (κ1) is 13.2. The van der Waals surface area contributed by atoms with E-state index >= 15 is 0 Å². The molecule has 16 heavy (non-hydrogen) atoms. The van der Waals surface area contributed by atoms with Crippen LogP contribution in [0.1, 0.15) is 12.0 Å². The lowest BCUT2D eigenvalue weighted by atomic mass is 10.2. The summed E-state index contributed by atoms with van der Waals surface area (Å²) < 4.78 is 25.7. The van der Waals surface area contributed by atoms with Gasteiger partial charge in [-0.2, -0.15) is 5.26 Å². The minimum atomic E-state index is -3.47. The van der Waals surface area contributed by atoms with Crippen molar-refractivity contribution in [3.8, 4) is 6.07 Å². The van der Waals surface area contributed by atoms with E-state index in [1.54, 1.807) is 24.3 Å². The maximum Gasteiger partial charge on any atom is 0.240 e. The molecule has 0 heterocycles. The second kappa shape index (κ2) is 5.99. The van der Waals surface area contributed by atoms with E-state index in [-0.39, 0.29) is 17.9 Å². The van der Waals surface area contributed by atoms with Gasteiger partial charge in [0, 0.05) is 18.3 Å². The van der Waals surface area contributed by atoms with Crippen LogP contribution < -0.4 is 4.72 Å². The van der Waals surface area contributed by atoms with Crippen LogP contribution in [0.5, 0.6) is 0 Å². The molecule has 0 bridgehead atoms. The number of nitrogens with zero attached hydrogens (tertiary/aromatic N) is 1. The maximum atomic E-state index is 11.7. The molecule has 0 aliphatic heterocycles. The maximum absolute atomic E-state index is 11.7. The van der Waals surface area contributed by atoms with Crippen molar-refractivity contribution in [2.75, 3.05) is 6.54 Å². The molecule has 0 radical (unpaired) electrons. The zero-order valence-electron chi connectivity index (χ0n) is 8.48. The fourth-order valence-corrected chi connectivity index (χ4v) is 2.49. The SMILES string of the molecule is N#CCCNS(=O)(=O)c1ccc(CBr)cc1. The van der Waals surface area contributed by atoms with Gasteiger partial charge in [0.2, 0.25) is 10.0 Å². The molecule has 0 aliphatic rings. The molecule has 0 atom stereocenters. The number of sulfonamides is 1. The third kappa shape index (κ3) is 3.59. The third-order valence-electron chi connectivity index (χ3n) is 1.92. The van der Waals surface area contributed by atoms with Gasteiger partial charge in [-0.05, 0) is 17.7 Å². The molecule has 0 aromatic heterocycles. The minimum absolute atomic E-state index is 0.138. The van der Waals surface area contributed by atoms with Crippen LogP contribution in [0.3, 0.4) is 0 Å². The molecule has 0 saturated heterocycles. The van der Waals surface area contributed by atoms with Gasteiger partial charge in [0.1, 0.15) is 0 Å². The number of halogens is 1. The van der Waals surface area contributed by atoms with Crippen molar-refractivity contribution in [3.63, 3.8) is 0 Å². The Bertz CT molecular complexity index is 477. The van der Waals surface area contributed by atoms with E-state index < -0.39 is 10.0 Å². The Kier molecular flexibility index (Phi) is 4.93. The van der Waals surface area contributed by atoms with E-state index in [1.165, 1.54) is 0 Å². The van der Waals surface area contributed by atoms with Crippen LogP contribution in [0.25, 0.3) is 0 Å². The Morgan fingerprint density at radius 2 is 1.94 bits per heavy atom. The summed E-state index contributed by atoms with van der Waals surface area (Å²) >= 11 is 3.28. The van der Waals surface area contributed by atoms with Crippen molar-refractivity contribution in [3.05, 3.63) is 29.8 Å². The highest BCUT2D eigenvalue weighted by Gasteiger charge is 2.12. The molecule has 0 spiro atoms. The highest BCUT2D eigenvalue weighted by Crippen LogP contribution is 2.12. The van der Waals surface area contributed by atoms with E-state index in [9.17, 15) is 8.42 Å². The summed E-state index contributed by atoms with van der Waals surface area (Å²) in [6, 6.07) is 8.46. The van der Waals surface area contributed by atoms with Gasteiger partial charge in [-0.25, -0.2) is 13.1 Å². The van der Waals surface area contributed by atoms with E-state index in [2.05, 4.69) is 20.7 Å². The van der Waals surface area contributed by atoms with Gasteiger partial charge in [-0.1, -0.05) is 28.1 Å². The normalized spacial score (nSPS) is 11.0. The number of nitrogens with one attached hydrogen (secondary N) is 1. The van der Waals surface area contributed by atoms with Crippen LogP contribution in [0.4, 0.5) is 0 Å². The molecule has 0 saturated carbocycles. The monoisotopic (exact) mass is 302 g/mol. The summed E-state index contributed by atoms with van der Waals surface area (Å²) in [4.78, 5) is 0.218. The summed E-state index contributed by atoms with van der Waals surface area (Å²) in [6.45, 7) is 0.138. The van der Waals surface area contributed by atoms with Gasteiger partial charge in [-0.15, -0.1) is 0 Å². The molecule has 1 aromatic rings. The highest BCUT2D eigenvalue weighted by molar-refractivity contribution is 9.08. The summed E-state index contributed by atoms with van der Waals surface area (Å²) in [7, 11) is -3.47. The summed E-state index contributed by atoms with van der Waals surface area (Å²) in [5.74, 6) is 0. The first-order chi connectivity index (χ1) is 7.60. The number of nitriles is 1. The Balaban J connectivity index is 2.78. The average Bonchev–Trinajstić information content (AvgIpc) is 2.29. The number of hydrogen-bond donors (Lipinski definition) is 1. The lowest BCUT2D eigenvalue weighted by Crippen LogP contribution is -2.24. The predicted octanol–water partition coefficient (Wildman–Crippen LogP) is 1.77. The van der Waals surface area contributed by atoms with Gasteiger partial charge in [0.15, 0.2) is 0 Å². The van der Waals surface area contributed by atoms with Gasteiger partial charge in [0.05, 0.1) is 11.0 Å². The molecule has 1 aromatic carbocycles. The van der Waals surface area contributed by atoms with Crippen molar-refractivity contribution in [1.29, 1.82) is 5.26 Å². The Hall–Kier alpha value is -0.900. The molecule has 0 fully saturated rings. The molecule has 1 rings (SSSR count). The van der Waals surface area contributed by atoms with Gasteiger partial charge >= 0.3 is 0 Å². The van der Waals surface area contributed by atoms with Crippen LogP contribution in [0, 0.1) is 11.3 Å². The van der Waals surface area contributed by atoms with Crippen molar-refractivity contribution in [2.45, 2.75) is 16.6 Å². The Labute approximate surface area is 103 Å². The molecule has 4 nitrogen and oxygen atoms in total. The standard InChI is InChI=1S/C10H11BrN2O2S/c11-8-9-2-4-10(5-3-9)16(14,15)13-7-1-6-12/h2-5,13H,1,7-8H2. The molecule has 1 N–H and O–H groups in total. The Morgan fingerprint density at radius 3 is 2.44 bits per heavy atom. The van der Waals surface area contributed by atoms with Crippen LogP contribution in [-0.4, -0.2) is 15.0 Å². The largest absolute Gasteiger partial charge is 0.240 e. The fourth-order valence-electron chi connectivity index (χ4n) is 1.08. The molecule has 0 aliphatic carbocycles. The smallest absolute Gasteiger partial charge is 0.210 e. The van der Waals surface area contributed by atoms with Crippen molar-refractivity contribution >= 4 is 26.0 Å².